The van der Waals surface area contributed by atoms with Crippen LogP contribution in [0.5, 0.6) is 0 Å². The fraction of sp³-hybridized carbons (Fsp3) is 0.429. The zero-order valence-electron chi connectivity index (χ0n) is 14.9. The third-order valence-electron chi connectivity index (χ3n) is 4.11. The van der Waals surface area contributed by atoms with Gasteiger partial charge in [0.05, 0.1) is 31.7 Å². The molecule has 0 N–H and O–H groups in total. The molecule has 1 saturated heterocycles. The van der Waals surface area contributed by atoms with Gasteiger partial charge in [0.1, 0.15) is 10.1 Å². The van der Waals surface area contributed by atoms with Crippen LogP contribution in [-0.2, 0) is 36.8 Å². The maximum Gasteiger partial charge on any atom is 0.299 e. The predicted molar refractivity (Wildman–Crippen MR) is 105 cm³/mol. The van der Waals surface area contributed by atoms with E-state index in [1.807, 2.05) is 0 Å². The monoisotopic (exact) mass is 481 g/mol. The number of anilines is 1. The third-order valence-corrected chi connectivity index (χ3v) is 7.17. The summed E-state index contributed by atoms with van der Waals surface area (Å²) in [6.07, 6.45) is 1.80. The molecule has 3 rings (SSSR count). The van der Waals surface area contributed by atoms with Gasteiger partial charge in [-0.25, -0.2) is 16.8 Å². The molecule has 1 aromatic rings. The van der Waals surface area contributed by atoms with E-state index in [4.69, 9.17) is 17.0 Å². The maximum atomic E-state index is 12.7. The number of aryl methyl sites for hydroxylation is 1. The number of hydrogen-bond donors (Lipinski definition) is 0. The highest BCUT2D eigenvalue weighted by molar-refractivity contribution is 8.03. The number of thiocarbonyl (C=S) groups is 1. The first kappa shape index (κ1) is 22.0. The highest BCUT2D eigenvalue weighted by atomic mass is 32.2. The van der Waals surface area contributed by atoms with Crippen LogP contribution in [0.3, 0.4) is 0 Å². The molecule has 0 spiro atoms. The summed E-state index contributed by atoms with van der Waals surface area (Å²) >= 11 is 6.18. The van der Waals surface area contributed by atoms with Crippen molar-refractivity contribution in [2.75, 3.05) is 29.5 Å². The number of hydrogen-bond acceptors (Lipinski definition) is 11. The summed E-state index contributed by atoms with van der Waals surface area (Å²) in [6, 6.07) is 1.76. The Hall–Kier alpha value is -1.65. The van der Waals surface area contributed by atoms with Gasteiger partial charge in [-0.05, 0) is 36.5 Å². The zero-order valence-corrected chi connectivity index (χ0v) is 18.2. The van der Waals surface area contributed by atoms with Gasteiger partial charge in [0, 0.05) is 32.1 Å². The van der Waals surface area contributed by atoms with Gasteiger partial charge >= 0.3 is 0 Å². The van der Waals surface area contributed by atoms with Crippen molar-refractivity contribution >= 4 is 61.0 Å². The molecule has 0 saturated carbocycles. The molecule has 29 heavy (non-hydrogen) atoms. The zero-order chi connectivity index (χ0) is 21.6. The number of carbonyl (C=O) groups excluding carboxylic acids is 1. The van der Waals surface area contributed by atoms with E-state index >= 15 is 0 Å². The Bertz CT molecular complexity index is 1110. The summed E-state index contributed by atoms with van der Waals surface area (Å²) in [6.45, 7) is -0.311. The molecule has 15 heteroatoms. The van der Waals surface area contributed by atoms with E-state index in [9.17, 15) is 30.7 Å². The second kappa shape index (κ2) is 7.88. The molecule has 0 radical (unpaired) electrons. The summed E-state index contributed by atoms with van der Waals surface area (Å²) < 4.78 is 72.5. The molecule has 0 atom stereocenters. The van der Waals surface area contributed by atoms with Crippen molar-refractivity contribution in [2.24, 2.45) is 7.05 Å². The van der Waals surface area contributed by atoms with Crippen molar-refractivity contribution in [3.05, 3.63) is 23.1 Å². The summed E-state index contributed by atoms with van der Waals surface area (Å²) in [5.41, 5.74) is 0.700. The second-order valence-electron chi connectivity index (χ2n) is 6.21. The van der Waals surface area contributed by atoms with Crippen LogP contribution in [0.25, 0.3) is 0 Å². The lowest BCUT2D eigenvalue weighted by Gasteiger charge is -2.20. The number of carbonyl (C=O) groups is 1. The van der Waals surface area contributed by atoms with Gasteiger partial charge in [-0.3, -0.25) is 9.69 Å². The topological polar surface area (TPSA) is 152 Å². The van der Waals surface area contributed by atoms with E-state index in [1.165, 1.54) is 11.8 Å². The standard InChI is InChI=1S/C14H17N3O8S4/c1-15-5-3-9-12(15)27-13(16(9)4-2-7-28(19,20)21)10-11(18)17(14(26)25-10)6-8-29(22,23)24/h3,5H,2,4,6-8H2,1H3,(H,19,20,21)(H,22,23,24)/p-2/b13-10+. The van der Waals surface area contributed by atoms with E-state index in [0.717, 1.165) is 9.93 Å². The number of rotatable bonds is 7. The lowest BCUT2D eigenvalue weighted by atomic mass is 10.3. The van der Waals surface area contributed by atoms with Crippen molar-refractivity contribution in [1.82, 2.24) is 9.47 Å². The van der Waals surface area contributed by atoms with Crippen molar-refractivity contribution in [2.45, 2.75) is 11.4 Å². The largest absolute Gasteiger partial charge is 0.748 e. The first-order chi connectivity index (χ1) is 13.4. The average molecular weight is 482 g/mol. The van der Waals surface area contributed by atoms with Gasteiger partial charge in [-0.15, -0.1) is 0 Å². The summed E-state index contributed by atoms with van der Waals surface area (Å²) in [5, 5.41) is 0.828. The van der Waals surface area contributed by atoms with Gasteiger partial charge in [0.25, 0.3) is 11.1 Å². The molecule has 0 unspecified atom stereocenters. The van der Waals surface area contributed by atoms with Crippen LogP contribution < -0.4 is 4.90 Å². The van der Waals surface area contributed by atoms with Crippen LogP contribution in [0.15, 0.2) is 28.1 Å². The molecule has 0 bridgehead atoms. The second-order valence-corrected chi connectivity index (χ2v) is 10.6. The minimum absolute atomic E-state index is 0.0221. The lowest BCUT2D eigenvalue weighted by Crippen LogP contribution is -2.33. The van der Waals surface area contributed by atoms with E-state index in [0.29, 0.717) is 10.7 Å². The molecule has 1 amide bonds. The molecular formula is C14H15N3O8S4-2. The highest BCUT2D eigenvalue weighted by Gasteiger charge is 2.41. The molecule has 1 fully saturated rings. The van der Waals surface area contributed by atoms with Gasteiger partial charge < -0.3 is 23.3 Å². The van der Waals surface area contributed by atoms with Gasteiger partial charge in [0.2, 0.25) is 5.76 Å². The lowest BCUT2D eigenvalue weighted by molar-refractivity contribution is -0.122. The van der Waals surface area contributed by atoms with Crippen LogP contribution in [0.1, 0.15) is 6.42 Å². The quantitative estimate of drug-likeness (QED) is 0.287. The van der Waals surface area contributed by atoms with Crippen LogP contribution in [0.2, 0.25) is 0 Å². The van der Waals surface area contributed by atoms with Gasteiger partial charge in [-0.1, -0.05) is 0 Å². The number of ether oxygens (including phenoxy) is 1. The molecule has 0 aliphatic carbocycles. The van der Waals surface area contributed by atoms with Crippen molar-refractivity contribution < 1.29 is 35.5 Å². The Morgan fingerprint density at radius 2 is 1.76 bits per heavy atom. The van der Waals surface area contributed by atoms with Crippen molar-refractivity contribution in [3.63, 3.8) is 0 Å². The number of fused-ring (bicyclic) bond motifs is 1. The van der Waals surface area contributed by atoms with Gasteiger partial charge in [0.15, 0.2) is 0 Å². The number of nitrogens with zero attached hydrogens (tertiary/aromatic N) is 3. The SMILES string of the molecule is Cn1ccc2c1S/C(=C1/OC(=S)N(CCS(=O)(=O)[O-])C1=O)N2CCCS(=O)(=O)[O-]. The molecule has 2 aliphatic rings. The molecule has 160 valence electrons. The summed E-state index contributed by atoms with van der Waals surface area (Å²) in [4.78, 5) is 15.3. The van der Waals surface area contributed by atoms with Crippen LogP contribution in [0.4, 0.5) is 5.69 Å². The predicted octanol–water partition coefficient (Wildman–Crippen LogP) is -0.269. The van der Waals surface area contributed by atoms with Crippen molar-refractivity contribution in [1.29, 1.82) is 0 Å². The van der Waals surface area contributed by atoms with E-state index in [-0.39, 0.29) is 23.9 Å². The fourth-order valence-electron chi connectivity index (χ4n) is 2.80. The molecule has 3 heterocycles. The summed E-state index contributed by atoms with van der Waals surface area (Å²) in [5.74, 6) is -2.23. The van der Waals surface area contributed by atoms with Crippen molar-refractivity contribution in [3.8, 4) is 0 Å². The summed E-state index contributed by atoms with van der Waals surface area (Å²) in [7, 11) is -7.16. The fourth-order valence-corrected chi connectivity index (χ4v) is 5.14. The maximum absolute atomic E-state index is 12.7. The molecule has 11 nitrogen and oxygen atoms in total. The van der Waals surface area contributed by atoms with Crippen LogP contribution in [-0.4, -0.2) is 71.1 Å². The molecule has 0 aromatic carbocycles. The third kappa shape index (κ3) is 4.92. The Kier molecular flexibility index (Phi) is 5.99. The average Bonchev–Trinajstić information content (AvgIpc) is 3.19. The van der Waals surface area contributed by atoms with E-state index in [1.54, 1.807) is 28.8 Å². The molecular weight excluding hydrogens is 466 g/mol. The highest BCUT2D eigenvalue weighted by Crippen LogP contribution is 2.48. The van der Waals surface area contributed by atoms with E-state index < -0.39 is 44.2 Å². The van der Waals surface area contributed by atoms with Gasteiger partial charge in [-0.2, -0.15) is 0 Å². The molecule has 1 aromatic heterocycles. The minimum atomic E-state index is -4.55. The smallest absolute Gasteiger partial charge is 0.299 e. The van der Waals surface area contributed by atoms with E-state index in [2.05, 4.69) is 0 Å². The Labute approximate surface area is 176 Å². The van der Waals surface area contributed by atoms with Crippen LogP contribution >= 0.6 is 24.0 Å². The number of amides is 1. The molecule has 2 aliphatic heterocycles. The number of thioether (sulfide) groups is 1. The first-order valence-electron chi connectivity index (χ1n) is 8.13. The minimum Gasteiger partial charge on any atom is -0.748 e. The van der Waals surface area contributed by atoms with Crippen LogP contribution in [0, 0.1) is 0 Å². The number of aromatic nitrogens is 1. The Morgan fingerprint density at radius 1 is 1.10 bits per heavy atom. The first-order valence-corrected chi connectivity index (χ1v) is 12.5. The normalized spacial score (nSPS) is 19.8. The Morgan fingerprint density at radius 3 is 2.38 bits per heavy atom. The Balaban J connectivity index is 1.89.